The van der Waals surface area contributed by atoms with Crippen molar-refractivity contribution in [2.75, 3.05) is 6.54 Å². The summed E-state index contributed by atoms with van der Waals surface area (Å²) in [6, 6.07) is 0. The van der Waals surface area contributed by atoms with Crippen molar-refractivity contribution >= 4 is 22.9 Å². The third kappa shape index (κ3) is 1.56. The molecule has 15 heavy (non-hydrogen) atoms. The molecule has 3 heterocycles. The number of nitrogens with one attached hydrogen (secondary N) is 1. The Bertz CT molecular complexity index is 490. The Morgan fingerprint density at radius 3 is 3.20 bits per heavy atom. The highest BCUT2D eigenvalue weighted by atomic mass is 35.5. The second-order valence-electron chi connectivity index (χ2n) is 3.38. The molecule has 0 bridgehead atoms. The SMILES string of the molecule is Clc1ncc(-c2cnn3c2CNCC3)s1. The number of thiazole rings is 1. The lowest BCUT2D eigenvalue weighted by molar-refractivity contribution is 0.476. The van der Waals surface area contributed by atoms with E-state index in [0.29, 0.717) is 4.47 Å². The van der Waals surface area contributed by atoms with Crippen molar-refractivity contribution in [3.05, 3.63) is 22.6 Å². The summed E-state index contributed by atoms with van der Waals surface area (Å²) in [5.41, 5.74) is 2.37. The maximum Gasteiger partial charge on any atom is 0.184 e. The summed E-state index contributed by atoms with van der Waals surface area (Å²) in [6.07, 6.45) is 3.70. The Labute approximate surface area is 95.9 Å². The monoisotopic (exact) mass is 240 g/mol. The first-order chi connectivity index (χ1) is 7.34. The van der Waals surface area contributed by atoms with Crippen LogP contribution in [-0.4, -0.2) is 21.3 Å². The van der Waals surface area contributed by atoms with E-state index in [0.717, 1.165) is 30.1 Å². The molecule has 78 valence electrons. The molecule has 1 N–H and O–H groups in total. The van der Waals surface area contributed by atoms with Gasteiger partial charge in [0.15, 0.2) is 4.47 Å². The zero-order valence-electron chi connectivity index (χ0n) is 7.90. The van der Waals surface area contributed by atoms with Gasteiger partial charge < -0.3 is 5.32 Å². The molecule has 0 fully saturated rings. The molecule has 0 amide bonds. The summed E-state index contributed by atoms with van der Waals surface area (Å²) in [5, 5.41) is 7.69. The minimum absolute atomic E-state index is 0.578. The molecule has 0 saturated carbocycles. The van der Waals surface area contributed by atoms with Crippen LogP contribution in [0.4, 0.5) is 0 Å². The van der Waals surface area contributed by atoms with Crippen molar-refractivity contribution in [1.29, 1.82) is 0 Å². The van der Waals surface area contributed by atoms with Gasteiger partial charge in [-0.1, -0.05) is 11.6 Å². The van der Waals surface area contributed by atoms with Gasteiger partial charge in [0.2, 0.25) is 0 Å². The Balaban J connectivity index is 2.08. The average molecular weight is 241 g/mol. The minimum atomic E-state index is 0.578. The summed E-state index contributed by atoms with van der Waals surface area (Å²) >= 11 is 7.32. The highest BCUT2D eigenvalue weighted by Gasteiger charge is 2.16. The van der Waals surface area contributed by atoms with E-state index in [4.69, 9.17) is 11.6 Å². The fraction of sp³-hybridized carbons (Fsp3) is 0.333. The highest BCUT2D eigenvalue weighted by molar-refractivity contribution is 7.18. The molecule has 3 rings (SSSR count). The van der Waals surface area contributed by atoms with Crippen molar-refractivity contribution in [2.24, 2.45) is 0 Å². The van der Waals surface area contributed by atoms with Gasteiger partial charge in [-0.2, -0.15) is 5.10 Å². The van der Waals surface area contributed by atoms with E-state index in [1.807, 2.05) is 10.9 Å². The average Bonchev–Trinajstić information content (AvgIpc) is 2.83. The lowest BCUT2D eigenvalue weighted by Gasteiger charge is -2.15. The summed E-state index contributed by atoms with van der Waals surface area (Å²) in [7, 11) is 0. The van der Waals surface area contributed by atoms with Gasteiger partial charge in [0.25, 0.3) is 0 Å². The Morgan fingerprint density at radius 2 is 2.40 bits per heavy atom. The second kappa shape index (κ2) is 3.59. The molecular formula is C9H9ClN4S. The van der Waals surface area contributed by atoms with Crippen LogP contribution in [0.1, 0.15) is 5.69 Å². The lowest BCUT2D eigenvalue weighted by atomic mass is 10.2. The fourth-order valence-corrected chi connectivity index (χ4v) is 2.74. The smallest absolute Gasteiger partial charge is 0.184 e. The number of aromatic nitrogens is 3. The summed E-state index contributed by atoms with van der Waals surface area (Å²) in [6.45, 7) is 2.78. The molecule has 4 nitrogen and oxygen atoms in total. The Hall–Kier alpha value is -0.910. The zero-order chi connectivity index (χ0) is 10.3. The largest absolute Gasteiger partial charge is 0.309 e. The van der Waals surface area contributed by atoms with Gasteiger partial charge in [-0.05, 0) is 0 Å². The maximum absolute atomic E-state index is 5.83. The van der Waals surface area contributed by atoms with Gasteiger partial charge in [-0.15, -0.1) is 11.3 Å². The van der Waals surface area contributed by atoms with E-state index in [-0.39, 0.29) is 0 Å². The lowest BCUT2D eigenvalue weighted by Crippen LogP contribution is -2.28. The normalized spacial score (nSPS) is 15.3. The van der Waals surface area contributed by atoms with Crippen molar-refractivity contribution in [3.8, 4) is 10.4 Å². The molecule has 1 aliphatic heterocycles. The number of hydrogen-bond acceptors (Lipinski definition) is 4. The number of halogens is 1. The van der Waals surface area contributed by atoms with E-state index < -0.39 is 0 Å². The summed E-state index contributed by atoms with van der Waals surface area (Å²) in [5.74, 6) is 0. The molecule has 6 heteroatoms. The fourth-order valence-electron chi connectivity index (χ4n) is 1.76. The summed E-state index contributed by atoms with van der Waals surface area (Å²) in [4.78, 5) is 5.14. The van der Waals surface area contributed by atoms with Crippen LogP contribution in [0.3, 0.4) is 0 Å². The topological polar surface area (TPSA) is 42.7 Å². The molecule has 0 atom stereocenters. The first-order valence-corrected chi connectivity index (χ1v) is 5.91. The molecule has 0 aliphatic carbocycles. The van der Waals surface area contributed by atoms with Crippen molar-refractivity contribution in [3.63, 3.8) is 0 Å². The number of rotatable bonds is 1. The van der Waals surface area contributed by atoms with Gasteiger partial charge in [0, 0.05) is 24.8 Å². The van der Waals surface area contributed by atoms with E-state index in [1.165, 1.54) is 17.0 Å². The van der Waals surface area contributed by atoms with Crippen LogP contribution < -0.4 is 5.32 Å². The van der Waals surface area contributed by atoms with Gasteiger partial charge >= 0.3 is 0 Å². The van der Waals surface area contributed by atoms with Crippen molar-refractivity contribution in [2.45, 2.75) is 13.1 Å². The third-order valence-electron chi connectivity index (χ3n) is 2.48. The van der Waals surface area contributed by atoms with Crippen LogP contribution in [0.15, 0.2) is 12.4 Å². The first-order valence-electron chi connectivity index (χ1n) is 4.72. The molecule has 0 aromatic carbocycles. The number of hydrogen-bond donors (Lipinski definition) is 1. The molecule has 0 unspecified atom stereocenters. The minimum Gasteiger partial charge on any atom is -0.309 e. The number of nitrogens with zero attached hydrogens (tertiary/aromatic N) is 3. The quantitative estimate of drug-likeness (QED) is 0.826. The molecule has 1 aliphatic rings. The molecule has 0 spiro atoms. The van der Waals surface area contributed by atoms with Crippen molar-refractivity contribution in [1.82, 2.24) is 20.1 Å². The van der Waals surface area contributed by atoms with Gasteiger partial charge in [-0.3, -0.25) is 4.68 Å². The Morgan fingerprint density at radius 1 is 1.47 bits per heavy atom. The van der Waals surface area contributed by atoms with Crippen LogP contribution in [0, 0.1) is 0 Å². The standard InChI is InChI=1S/C9H9ClN4S/c10-9-12-5-8(15-9)6-3-13-14-2-1-11-4-7(6)14/h3,5,11H,1-2,4H2. The van der Waals surface area contributed by atoms with E-state index in [9.17, 15) is 0 Å². The van der Waals surface area contributed by atoms with Crippen LogP contribution in [0.2, 0.25) is 4.47 Å². The third-order valence-corrected chi connectivity index (χ3v) is 3.63. The van der Waals surface area contributed by atoms with E-state index in [2.05, 4.69) is 15.4 Å². The first kappa shape index (κ1) is 9.33. The number of fused-ring (bicyclic) bond motifs is 1. The van der Waals surface area contributed by atoms with Crippen LogP contribution >= 0.6 is 22.9 Å². The van der Waals surface area contributed by atoms with Gasteiger partial charge in [0.05, 0.1) is 23.3 Å². The van der Waals surface area contributed by atoms with Gasteiger partial charge in [0.1, 0.15) is 0 Å². The van der Waals surface area contributed by atoms with Crippen LogP contribution in [0.25, 0.3) is 10.4 Å². The predicted molar refractivity (Wildman–Crippen MR) is 60.1 cm³/mol. The van der Waals surface area contributed by atoms with E-state index in [1.54, 1.807) is 6.20 Å². The molecule has 2 aromatic heterocycles. The van der Waals surface area contributed by atoms with Gasteiger partial charge in [-0.25, -0.2) is 4.98 Å². The van der Waals surface area contributed by atoms with Crippen LogP contribution in [0.5, 0.6) is 0 Å². The molecule has 0 radical (unpaired) electrons. The molecule has 2 aromatic rings. The predicted octanol–water partition coefficient (Wildman–Crippen LogP) is 1.76. The maximum atomic E-state index is 5.83. The second-order valence-corrected chi connectivity index (χ2v) is 5.00. The van der Waals surface area contributed by atoms with Crippen molar-refractivity contribution < 1.29 is 0 Å². The molecule has 0 saturated heterocycles. The van der Waals surface area contributed by atoms with Crippen LogP contribution in [-0.2, 0) is 13.1 Å². The zero-order valence-corrected chi connectivity index (χ0v) is 9.48. The Kier molecular flexibility index (Phi) is 2.23. The highest BCUT2D eigenvalue weighted by Crippen LogP contribution is 2.31. The summed E-state index contributed by atoms with van der Waals surface area (Å²) < 4.78 is 2.62. The molecular weight excluding hydrogens is 232 g/mol. The van der Waals surface area contributed by atoms with E-state index >= 15 is 0 Å².